The third-order valence-corrected chi connectivity index (χ3v) is 6.81. The first kappa shape index (κ1) is 22.9. The molecular weight excluding hydrogens is 451 g/mol. The van der Waals surface area contributed by atoms with Crippen molar-refractivity contribution in [1.82, 2.24) is 24.0 Å². The summed E-state index contributed by atoms with van der Waals surface area (Å²) in [6, 6.07) is 5.34. The van der Waals surface area contributed by atoms with E-state index < -0.39 is 11.2 Å². The van der Waals surface area contributed by atoms with Crippen LogP contribution in [0.25, 0.3) is 11.2 Å². The van der Waals surface area contributed by atoms with Crippen molar-refractivity contribution in [2.45, 2.75) is 32.7 Å². The van der Waals surface area contributed by atoms with Gasteiger partial charge < -0.3 is 4.90 Å². The fourth-order valence-electron chi connectivity index (χ4n) is 4.21. The molecule has 10 heteroatoms. The summed E-state index contributed by atoms with van der Waals surface area (Å²) in [5.74, 6) is 0.649. The van der Waals surface area contributed by atoms with Gasteiger partial charge in [-0.15, -0.1) is 0 Å². The van der Waals surface area contributed by atoms with Crippen molar-refractivity contribution in [2.75, 3.05) is 37.6 Å². The van der Waals surface area contributed by atoms with Crippen LogP contribution in [0, 0.1) is 0 Å². The number of aromatic nitrogens is 4. The molecular formula is C22H28Cl2N6O2. The Morgan fingerprint density at radius 1 is 1.06 bits per heavy atom. The first-order chi connectivity index (χ1) is 15.4. The molecule has 0 saturated carbocycles. The number of piperazine rings is 1. The SMILES string of the molecule is CCCCCN1CCN(c2nc3c(c(=O)[nH]c(=O)n3C)n2Cc2c(Cl)cccc2Cl)CC1. The molecule has 3 aromatic rings. The molecule has 0 bridgehead atoms. The molecule has 0 radical (unpaired) electrons. The smallest absolute Gasteiger partial charge is 0.329 e. The summed E-state index contributed by atoms with van der Waals surface area (Å²) in [6.45, 7) is 7.02. The van der Waals surface area contributed by atoms with Crippen molar-refractivity contribution in [2.24, 2.45) is 7.05 Å². The topological polar surface area (TPSA) is 79.2 Å². The molecule has 2 aromatic heterocycles. The number of nitrogens with zero attached hydrogens (tertiary/aromatic N) is 5. The lowest BCUT2D eigenvalue weighted by Gasteiger charge is -2.35. The number of aryl methyl sites for hydroxylation is 1. The predicted octanol–water partition coefficient (Wildman–Crippen LogP) is 3.09. The zero-order chi connectivity index (χ0) is 22.8. The van der Waals surface area contributed by atoms with Crippen molar-refractivity contribution in [3.05, 3.63) is 54.6 Å². The molecule has 1 aliphatic rings. The predicted molar refractivity (Wildman–Crippen MR) is 129 cm³/mol. The van der Waals surface area contributed by atoms with Crippen molar-refractivity contribution in [1.29, 1.82) is 0 Å². The molecule has 4 rings (SSSR count). The highest BCUT2D eigenvalue weighted by Gasteiger charge is 2.25. The number of unbranched alkanes of at least 4 members (excludes halogenated alkanes) is 2. The molecule has 0 unspecified atom stereocenters. The van der Waals surface area contributed by atoms with E-state index in [0.29, 0.717) is 32.7 Å². The quantitative estimate of drug-likeness (QED) is 0.527. The molecule has 0 aliphatic carbocycles. The zero-order valence-corrected chi connectivity index (χ0v) is 19.9. The largest absolute Gasteiger partial charge is 0.340 e. The van der Waals surface area contributed by atoms with E-state index in [1.807, 2.05) is 4.57 Å². The van der Waals surface area contributed by atoms with Crippen LogP contribution in [-0.2, 0) is 13.6 Å². The van der Waals surface area contributed by atoms with Gasteiger partial charge in [0.05, 0.1) is 6.54 Å². The number of aromatic amines is 1. The Labute approximate surface area is 196 Å². The van der Waals surface area contributed by atoms with E-state index in [9.17, 15) is 9.59 Å². The van der Waals surface area contributed by atoms with Crippen molar-refractivity contribution < 1.29 is 0 Å². The van der Waals surface area contributed by atoms with E-state index in [1.165, 1.54) is 23.8 Å². The fourth-order valence-corrected chi connectivity index (χ4v) is 4.73. The lowest BCUT2D eigenvalue weighted by molar-refractivity contribution is 0.251. The molecule has 0 atom stereocenters. The first-order valence-corrected chi connectivity index (χ1v) is 11.8. The third-order valence-electron chi connectivity index (χ3n) is 6.10. The maximum absolute atomic E-state index is 12.8. The monoisotopic (exact) mass is 478 g/mol. The van der Waals surface area contributed by atoms with Crippen LogP contribution in [0.4, 0.5) is 5.95 Å². The molecule has 0 spiro atoms. The molecule has 8 nitrogen and oxygen atoms in total. The second-order valence-electron chi connectivity index (χ2n) is 8.22. The summed E-state index contributed by atoms with van der Waals surface area (Å²) >= 11 is 12.9. The lowest BCUT2D eigenvalue weighted by atomic mass is 10.2. The van der Waals surface area contributed by atoms with Crippen LogP contribution in [0.15, 0.2) is 27.8 Å². The Morgan fingerprint density at radius 2 is 1.75 bits per heavy atom. The first-order valence-electron chi connectivity index (χ1n) is 11.0. The minimum Gasteiger partial charge on any atom is -0.340 e. The van der Waals surface area contributed by atoms with Crippen LogP contribution < -0.4 is 16.1 Å². The van der Waals surface area contributed by atoms with E-state index >= 15 is 0 Å². The minimum atomic E-state index is -0.491. The fraction of sp³-hybridized carbons (Fsp3) is 0.500. The van der Waals surface area contributed by atoms with Gasteiger partial charge in [-0.05, 0) is 25.1 Å². The number of anilines is 1. The number of nitrogens with one attached hydrogen (secondary N) is 1. The van der Waals surface area contributed by atoms with Crippen molar-refractivity contribution in [3.8, 4) is 0 Å². The summed E-state index contributed by atoms with van der Waals surface area (Å²) in [4.78, 5) is 36.8. The Balaban J connectivity index is 1.73. The minimum absolute atomic E-state index is 0.280. The normalized spacial score (nSPS) is 15.1. The van der Waals surface area contributed by atoms with Gasteiger partial charge in [0.1, 0.15) is 0 Å². The van der Waals surface area contributed by atoms with E-state index in [-0.39, 0.29) is 6.54 Å². The number of rotatable bonds is 7. The van der Waals surface area contributed by atoms with Gasteiger partial charge in [0.15, 0.2) is 11.2 Å². The zero-order valence-electron chi connectivity index (χ0n) is 18.4. The highest BCUT2D eigenvalue weighted by molar-refractivity contribution is 6.36. The number of H-pyrrole nitrogens is 1. The number of fused-ring (bicyclic) bond motifs is 1. The number of hydrogen-bond acceptors (Lipinski definition) is 5. The average Bonchev–Trinajstić information content (AvgIpc) is 3.15. The third kappa shape index (κ3) is 4.44. The van der Waals surface area contributed by atoms with Crippen LogP contribution in [0.1, 0.15) is 31.7 Å². The molecule has 1 aliphatic heterocycles. The Bertz CT molecular complexity index is 1200. The number of hydrogen-bond donors (Lipinski definition) is 1. The van der Waals surface area contributed by atoms with E-state index in [4.69, 9.17) is 28.2 Å². The van der Waals surface area contributed by atoms with Crippen molar-refractivity contribution in [3.63, 3.8) is 0 Å². The molecule has 1 aromatic carbocycles. The number of halogens is 2. The standard InChI is InChI=1S/C22H28Cl2N6O2/c1-3-4-5-9-28-10-12-29(13-11-28)21-25-19-18(20(31)26-22(32)27(19)2)30(21)14-15-16(23)7-6-8-17(15)24/h6-8H,3-5,9-14H2,1-2H3,(H,26,31,32). The summed E-state index contributed by atoms with van der Waals surface area (Å²) in [5.41, 5.74) is 0.437. The molecule has 1 fully saturated rings. The average molecular weight is 479 g/mol. The van der Waals surface area contributed by atoms with Crippen LogP contribution in [0.5, 0.6) is 0 Å². The highest BCUT2D eigenvalue weighted by atomic mass is 35.5. The van der Waals surface area contributed by atoms with Crippen LogP contribution in [0.3, 0.4) is 0 Å². The van der Waals surface area contributed by atoms with E-state index in [0.717, 1.165) is 32.7 Å². The molecule has 0 amide bonds. The Hall–Kier alpha value is -2.29. The van der Waals surface area contributed by atoms with Crippen LogP contribution in [-0.4, -0.2) is 56.7 Å². The van der Waals surface area contributed by atoms with Gasteiger partial charge in [0.25, 0.3) is 5.56 Å². The van der Waals surface area contributed by atoms with Crippen LogP contribution >= 0.6 is 23.2 Å². The van der Waals surface area contributed by atoms with Gasteiger partial charge in [-0.1, -0.05) is 49.0 Å². The molecule has 32 heavy (non-hydrogen) atoms. The molecule has 3 heterocycles. The molecule has 1 saturated heterocycles. The summed E-state index contributed by atoms with van der Waals surface area (Å²) in [7, 11) is 1.61. The number of benzene rings is 1. The van der Waals surface area contributed by atoms with Crippen molar-refractivity contribution >= 4 is 40.3 Å². The molecule has 172 valence electrons. The van der Waals surface area contributed by atoms with Gasteiger partial charge in [-0.2, -0.15) is 4.98 Å². The highest BCUT2D eigenvalue weighted by Crippen LogP contribution is 2.29. The second kappa shape index (κ2) is 9.68. The number of imidazole rings is 1. The van der Waals surface area contributed by atoms with E-state index in [2.05, 4.69) is 21.7 Å². The summed E-state index contributed by atoms with van der Waals surface area (Å²) in [5, 5.41) is 1.04. The van der Waals surface area contributed by atoms with Gasteiger partial charge >= 0.3 is 5.69 Å². The summed E-state index contributed by atoms with van der Waals surface area (Å²) < 4.78 is 3.19. The van der Waals surface area contributed by atoms with Gasteiger partial charge in [-0.25, -0.2) is 4.79 Å². The lowest BCUT2D eigenvalue weighted by Crippen LogP contribution is -2.47. The van der Waals surface area contributed by atoms with E-state index in [1.54, 1.807) is 25.2 Å². The van der Waals surface area contributed by atoms with Gasteiger partial charge in [0, 0.05) is 48.8 Å². The molecule has 1 N–H and O–H groups in total. The maximum Gasteiger partial charge on any atom is 0.329 e. The Kier molecular flexibility index (Phi) is 6.93. The summed E-state index contributed by atoms with van der Waals surface area (Å²) in [6.07, 6.45) is 3.66. The Morgan fingerprint density at radius 3 is 2.41 bits per heavy atom. The maximum atomic E-state index is 12.8. The van der Waals surface area contributed by atoms with Crippen LogP contribution in [0.2, 0.25) is 10.0 Å². The van der Waals surface area contributed by atoms with Gasteiger partial charge in [0.2, 0.25) is 5.95 Å². The van der Waals surface area contributed by atoms with Gasteiger partial charge in [-0.3, -0.25) is 23.8 Å². The second-order valence-corrected chi connectivity index (χ2v) is 9.04.